The Bertz CT molecular complexity index is 878. The largest absolute Gasteiger partial charge is 0.294 e. The second-order valence-electron chi connectivity index (χ2n) is 6.92. The van der Waals surface area contributed by atoms with E-state index in [1.165, 1.54) is 0 Å². The van der Waals surface area contributed by atoms with E-state index in [0.29, 0.717) is 12.8 Å². The maximum absolute atomic E-state index is 13.2. The summed E-state index contributed by atoms with van der Waals surface area (Å²) in [5, 5.41) is 1.45. The average molecular weight is 328 g/mol. The van der Waals surface area contributed by atoms with Gasteiger partial charge in [0.15, 0.2) is 15.6 Å². The molecule has 0 aliphatic carbocycles. The van der Waals surface area contributed by atoms with Crippen molar-refractivity contribution in [3.8, 4) is 0 Å². The van der Waals surface area contributed by atoms with Gasteiger partial charge in [0.1, 0.15) is 0 Å². The Morgan fingerprint density at radius 1 is 1.00 bits per heavy atom. The molecule has 2 heterocycles. The Morgan fingerprint density at radius 2 is 1.65 bits per heavy atom. The van der Waals surface area contributed by atoms with Crippen LogP contribution in [0.1, 0.15) is 41.6 Å². The smallest absolute Gasteiger partial charge is 0.166 e. The van der Waals surface area contributed by atoms with E-state index in [-0.39, 0.29) is 22.2 Å². The third kappa shape index (κ3) is 2.23. The first-order valence-corrected chi connectivity index (χ1v) is 9.84. The highest BCUT2D eigenvalue weighted by atomic mass is 32.2. The molecule has 2 atom stereocenters. The van der Waals surface area contributed by atoms with E-state index in [0.717, 1.165) is 34.7 Å². The standard InChI is InChI=1S/C19H20O3S/c1-12-6-7-13-4-2-3-5-17(13)18(12)19(20)14-10-15-8-9-16(11-14)23(15,21)22/h2-7,14-16H,8-11H2,1H3. The molecule has 4 rings (SSSR count). The predicted molar refractivity (Wildman–Crippen MR) is 91.5 cm³/mol. The molecule has 0 saturated carbocycles. The topological polar surface area (TPSA) is 51.2 Å². The molecule has 4 heteroatoms. The lowest BCUT2D eigenvalue weighted by Gasteiger charge is -2.27. The maximum atomic E-state index is 13.2. The maximum Gasteiger partial charge on any atom is 0.166 e. The van der Waals surface area contributed by atoms with Crippen LogP contribution in [0, 0.1) is 12.8 Å². The van der Waals surface area contributed by atoms with Crippen molar-refractivity contribution >= 4 is 26.4 Å². The predicted octanol–water partition coefficient (Wildman–Crippen LogP) is 3.69. The van der Waals surface area contributed by atoms with E-state index < -0.39 is 9.84 Å². The van der Waals surface area contributed by atoms with Crippen molar-refractivity contribution in [2.45, 2.75) is 43.1 Å². The van der Waals surface area contributed by atoms with E-state index in [1.54, 1.807) is 0 Å². The van der Waals surface area contributed by atoms with Crippen molar-refractivity contribution in [3.63, 3.8) is 0 Å². The number of sulfone groups is 1. The minimum atomic E-state index is -2.98. The lowest BCUT2D eigenvalue weighted by Crippen LogP contribution is -2.36. The lowest BCUT2D eigenvalue weighted by atomic mass is 9.86. The van der Waals surface area contributed by atoms with Crippen LogP contribution in [0.15, 0.2) is 36.4 Å². The molecule has 2 aliphatic rings. The van der Waals surface area contributed by atoms with Gasteiger partial charge in [-0.3, -0.25) is 4.79 Å². The molecular formula is C19H20O3S. The molecule has 120 valence electrons. The summed E-state index contributed by atoms with van der Waals surface area (Å²) in [5.74, 6) is -0.0216. The molecule has 23 heavy (non-hydrogen) atoms. The molecule has 3 nitrogen and oxygen atoms in total. The second kappa shape index (κ2) is 5.17. The molecule has 0 N–H and O–H groups in total. The Balaban J connectivity index is 1.75. The van der Waals surface area contributed by atoms with Gasteiger partial charge in [-0.2, -0.15) is 0 Å². The second-order valence-corrected chi connectivity index (χ2v) is 9.43. The van der Waals surface area contributed by atoms with Gasteiger partial charge in [-0.25, -0.2) is 8.42 Å². The van der Waals surface area contributed by atoms with E-state index >= 15 is 0 Å². The van der Waals surface area contributed by atoms with Crippen LogP contribution in [0.3, 0.4) is 0 Å². The fourth-order valence-electron chi connectivity index (χ4n) is 4.33. The van der Waals surface area contributed by atoms with Crippen molar-refractivity contribution in [1.29, 1.82) is 0 Å². The number of aryl methyl sites for hydroxylation is 1. The minimum absolute atomic E-state index is 0.131. The Kier molecular flexibility index (Phi) is 3.34. The van der Waals surface area contributed by atoms with E-state index in [9.17, 15) is 13.2 Å². The molecule has 2 bridgehead atoms. The van der Waals surface area contributed by atoms with Crippen molar-refractivity contribution in [3.05, 3.63) is 47.5 Å². The number of ketones is 1. The SMILES string of the molecule is Cc1ccc2ccccc2c1C(=O)C1CC2CCC(C1)S2(=O)=O. The van der Waals surface area contributed by atoms with Crippen molar-refractivity contribution in [2.24, 2.45) is 5.92 Å². The highest BCUT2D eigenvalue weighted by Gasteiger charge is 2.48. The van der Waals surface area contributed by atoms with Crippen LogP contribution in [0.25, 0.3) is 10.8 Å². The van der Waals surface area contributed by atoms with Gasteiger partial charge in [0.25, 0.3) is 0 Å². The van der Waals surface area contributed by atoms with Crippen molar-refractivity contribution < 1.29 is 13.2 Å². The van der Waals surface area contributed by atoms with Crippen molar-refractivity contribution in [2.75, 3.05) is 0 Å². The van der Waals surface area contributed by atoms with Gasteiger partial charge < -0.3 is 0 Å². The fourth-order valence-corrected chi connectivity index (χ4v) is 6.81. The summed E-state index contributed by atoms with van der Waals surface area (Å²) in [7, 11) is -2.98. The summed E-state index contributed by atoms with van der Waals surface area (Å²) < 4.78 is 24.5. The van der Waals surface area contributed by atoms with Crippen LogP contribution >= 0.6 is 0 Å². The molecule has 2 fully saturated rings. The average Bonchev–Trinajstić information content (AvgIpc) is 2.72. The van der Waals surface area contributed by atoms with Crippen LogP contribution in [0.2, 0.25) is 0 Å². The van der Waals surface area contributed by atoms with Gasteiger partial charge in [0.05, 0.1) is 10.5 Å². The number of Topliss-reactive ketones (excluding diaryl/α,β-unsaturated/α-hetero) is 1. The monoisotopic (exact) mass is 328 g/mol. The number of hydrogen-bond donors (Lipinski definition) is 0. The van der Waals surface area contributed by atoms with Crippen LogP contribution in [0.5, 0.6) is 0 Å². The first-order chi connectivity index (χ1) is 11.0. The van der Waals surface area contributed by atoms with Crippen LogP contribution < -0.4 is 0 Å². The third-order valence-electron chi connectivity index (χ3n) is 5.59. The zero-order valence-corrected chi connectivity index (χ0v) is 14.0. The minimum Gasteiger partial charge on any atom is -0.294 e. The van der Waals surface area contributed by atoms with Gasteiger partial charge in [0, 0.05) is 11.5 Å². The Labute approximate surface area is 136 Å². The third-order valence-corrected chi connectivity index (χ3v) is 8.30. The summed E-state index contributed by atoms with van der Waals surface area (Å²) in [6.45, 7) is 1.97. The molecule has 2 saturated heterocycles. The van der Waals surface area contributed by atoms with Crippen molar-refractivity contribution in [1.82, 2.24) is 0 Å². The fraction of sp³-hybridized carbons (Fsp3) is 0.421. The molecule has 2 aromatic rings. The zero-order chi connectivity index (χ0) is 16.2. The number of carbonyl (C=O) groups excluding carboxylic acids is 1. The highest BCUT2D eigenvalue weighted by molar-refractivity contribution is 7.93. The van der Waals surface area contributed by atoms with Crippen LogP contribution in [-0.2, 0) is 9.84 Å². The summed E-state index contributed by atoms with van der Waals surface area (Å²) in [6.07, 6.45) is 2.46. The van der Waals surface area contributed by atoms with Gasteiger partial charge in [0.2, 0.25) is 0 Å². The number of carbonyl (C=O) groups is 1. The number of fused-ring (bicyclic) bond motifs is 3. The zero-order valence-electron chi connectivity index (χ0n) is 13.2. The number of hydrogen-bond acceptors (Lipinski definition) is 3. The molecular weight excluding hydrogens is 308 g/mol. The summed E-state index contributed by atoms with van der Waals surface area (Å²) in [5.41, 5.74) is 1.77. The molecule has 2 unspecified atom stereocenters. The van der Waals surface area contributed by atoms with Gasteiger partial charge >= 0.3 is 0 Å². The van der Waals surface area contributed by atoms with Gasteiger partial charge in [-0.1, -0.05) is 36.4 Å². The molecule has 0 amide bonds. The summed E-state index contributed by atoms with van der Waals surface area (Å²) >= 11 is 0. The number of rotatable bonds is 2. The van der Waals surface area contributed by atoms with E-state index in [2.05, 4.69) is 0 Å². The molecule has 0 aromatic heterocycles. The Hall–Kier alpha value is -1.68. The van der Waals surface area contributed by atoms with Gasteiger partial charge in [-0.05, 0) is 48.9 Å². The normalized spacial score (nSPS) is 28.8. The van der Waals surface area contributed by atoms with Crippen LogP contribution in [0.4, 0.5) is 0 Å². The quantitative estimate of drug-likeness (QED) is 0.790. The molecule has 0 radical (unpaired) electrons. The molecule has 0 spiro atoms. The molecule has 2 aromatic carbocycles. The molecule has 2 aliphatic heterocycles. The van der Waals surface area contributed by atoms with Crippen LogP contribution in [-0.4, -0.2) is 24.7 Å². The van der Waals surface area contributed by atoms with E-state index in [4.69, 9.17) is 0 Å². The summed E-state index contributed by atoms with van der Waals surface area (Å²) in [6, 6.07) is 12.0. The Morgan fingerprint density at radius 3 is 2.35 bits per heavy atom. The first-order valence-electron chi connectivity index (χ1n) is 8.24. The van der Waals surface area contributed by atoms with Gasteiger partial charge in [-0.15, -0.1) is 0 Å². The number of benzene rings is 2. The lowest BCUT2D eigenvalue weighted by molar-refractivity contribution is 0.0906. The highest BCUT2D eigenvalue weighted by Crippen LogP contribution is 2.42. The first kappa shape index (κ1) is 14.9. The van der Waals surface area contributed by atoms with E-state index in [1.807, 2.05) is 43.3 Å². The summed E-state index contributed by atoms with van der Waals surface area (Å²) in [4.78, 5) is 13.2.